The molecule has 33 heavy (non-hydrogen) atoms. The molecule has 3 rings (SSSR count). The normalized spacial score (nSPS) is 14.8. The molecule has 1 heterocycles. The number of nitrogens with one attached hydrogen (secondary N) is 1. The van der Waals surface area contributed by atoms with Gasteiger partial charge in [0, 0.05) is 0 Å². The van der Waals surface area contributed by atoms with Crippen molar-refractivity contribution in [3.63, 3.8) is 0 Å². The van der Waals surface area contributed by atoms with Crippen LogP contribution in [0.2, 0.25) is 5.02 Å². The smallest absolute Gasteiger partial charge is 0.335 e. The number of halogens is 1. The number of carbonyl (C=O) groups is 3. The lowest BCUT2D eigenvalue weighted by Crippen LogP contribution is -2.54. The van der Waals surface area contributed by atoms with Crippen molar-refractivity contribution in [2.75, 3.05) is 24.7 Å². The molecule has 1 aliphatic rings. The molecule has 0 bridgehead atoms. The van der Waals surface area contributed by atoms with Crippen LogP contribution in [-0.4, -0.2) is 37.7 Å². The number of nitrogens with zero attached hydrogens (tertiary/aromatic N) is 1. The number of ether oxygens (including phenoxy) is 3. The average molecular weight is 471 g/mol. The van der Waals surface area contributed by atoms with Crippen molar-refractivity contribution >= 4 is 41.2 Å². The van der Waals surface area contributed by atoms with Crippen molar-refractivity contribution in [1.82, 2.24) is 5.32 Å². The number of barbiturate groups is 1. The van der Waals surface area contributed by atoms with Crippen molar-refractivity contribution in [3.05, 3.63) is 65.2 Å². The second-order valence-electron chi connectivity index (χ2n) is 6.75. The van der Waals surface area contributed by atoms with Crippen molar-refractivity contribution in [3.8, 4) is 17.2 Å². The van der Waals surface area contributed by atoms with Crippen LogP contribution in [0.25, 0.3) is 6.08 Å². The van der Waals surface area contributed by atoms with Gasteiger partial charge in [0.25, 0.3) is 11.8 Å². The lowest BCUT2D eigenvalue weighted by atomic mass is 10.1. The van der Waals surface area contributed by atoms with E-state index >= 15 is 0 Å². The number of imide groups is 2. The molecule has 2 aromatic carbocycles. The molecule has 4 amide bonds. The molecule has 172 valence electrons. The third-order valence-corrected chi connectivity index (χ3v) is 4.78. The summed E-state index contributed by atoms with van der Waals surface area (Å²) in [6.45, 7) is 8.30. The van der Waals surface area contributed by atoms with E-state index in [0.717, 1.165) is 4.90 Å². The van der Waals surface area contributed by atoms with Crippen LogP contribution >= 0.6 is 11.6 Å². The first-order valence-electron chi connectivity index (χ1n) is 10.2. The minimum atomic E-state index is -0.840. The summed E-state index contributed by atoms with van der Waals surface area (Å²) in [6, 6.07) is 8.68. The van der Waals surface area contributed by atoms with Gasteiger partial charge in [-0.25, -0.2) is 9.69 Å². The Labute approximate surface area is 196 Å². The monoisotopic (exact) mass is 470 g/mol. The molecule has 9 heteroatoms. The summed E-state index contributed by atoms with van der Waals surface area (Å²) in [7, 11) is 0. The predicted octanol–water partition coefficient (Wildman–Crippen LogP) is 4.37. The number of rotatable bonds is 9. The van der Waals surface area contributed by atoms with Crippen LogP contribution in [0.3, 0.4) is 0 Å². The van der Waals surface area contributed by atoms with Gasteiger partial charge in [-0.1, -0.05) is 24.3 Å². The van der Waals surface area contributed by atoms with Gasteiger partial charge in [-0.05, 0) is 61.9 Å². The zero-order chi connectivity index (χ0) is 24.0. The van der Waals surface area contributed by atoms with E-state index in [1.807, 2.05) is 6.92 Å². The first kappa shape index (κ1) is 23.9. The standard InChI is InChI=1S/C24H23ClN2O6/c1-4-11-33-21-19(25)13-15(14-20(21)32-6-3)12-18-22(28)26-24(30)27(23(18)29)16-7-9-17(10-8-16)31-5-2/h4,7-10,12-14H,1,5-6,11H2,2-3H3,(H,26,28,30)/b18-12+. The number of benzene rings is 2. The third-order valence-electron chi connectivity index (χ3n) is 4.50. The molecule has 0 unspecified atom stereocenters. The number of hydrogen-bond donors (Lipinski definition) is 1. The number of urea groups is 1. The van der Waals surface area contributed by atoms with Gasteiger partial charge in [-0.2, -0.15) is 0 Å². The third kappa shape index (κ3) is 5.35. The molecule has 0 radical (unpaired) electrons. The summed E-state index contributed by atoms with van der Waals surface area (Å²) in [5.41, 5.74) is 0.483. The summed E-state index contributed by atoms with van der Waals surface area (Å²) in [4.78, 5) is 38.9. The zero-order valence-corrected chi connectivity index (χ0v) is 19.0. The Morgan fingerprint density at radius 1 is 1.03 bits per heavy atom. The molecule has 1 N–H and O–H groups in total. The second-order valence-corrected chi connectivity index (χ2v) is 7.15. The second kappa shape index (κ2) is 10.7. The first-order chi connectivity index (χ1) is 15.9. The SMILES string of the molecule is C=CCOc1c(Cl)cc(/C=C2\C(=O)NC(=O)N(c3ccc(OCC)cc3)C2=O)cc1OCC. The summed E-state index contributed by atoms with van der Waals surface area (Å²) >= 11 is 6.35. The maximum atomic E-state index is 13.1. The maximum Gasteiger partial charge on any atom is 0.335 e. The van der Waals surface area contributed by atoms with Crippen LogP contribution in [0.5, 0.6) is 17.2 Å². The Hall–Kier alpha value is -3.78. The molecular formula is C24H23ClN2O6. The van der Waals surface area contributed by atoms with Crippen LogP contribution in [0.15, 0.2) is 54.6 Å². The first-order valence-corrected chi connectivity index (χ1v) is 10.6. The highest BCUT2D eigenvalue weighted by atomic mass is 35.5. The van der Waals surface area contributed by atoms with Crippen molar-refractivity contribution in [2.24, 2.45) is 0 Å². The van der Waals surface area contributed by atoms with Gasteiger partial charge in [-0.3, -0.25) is 14.9 Å². The average Bonchev–Trinajstić information content (AvgIpc) is 2.77. The summed E-state index contributed by atoms with van der Waals surface area (Å²) in [5.74, 6) is -0.315. The lowest BCUT2D eigenvalue weighted by Gasteiger charge is -2.26. The van der Waals surface area contributed by atoms with Crippen molar-refractivity contribution in [2.45, 2.75) is 13.8 Å². The van der Waals surface area contributed by atoms with Crippen LogP contribution in [0.1, 0.15) is 19.4 Å². The van der Waals surface area contributed by atoms with E-state index in [4.69, 9.17) is 25.8 Å². The van der Waals surface area contributed by atoms with E-state index in [0.29, 0.717) is 41.7 Å². The summed E-state index contributed by atoms with van der Waals surface area (Å²) in [5, 5.41) is 2.42. The Bertz CT molecular complexity index is 1110. The fourth-order valence-corrected chi connectivity index (χ4v) is 3.41. The van der Waals surface area contributed by atoms with E-state index in [2.05, 4.69) is 11.9 Å². The summed E-state index contributed by atoms with van der Waals surface area (Å²) < 4.78 is 16.6. The molecular weight excluding hydrogens is 448 g/mol. The van der Waals surface area contributed by atoms with Crippen LogP contribution in [0, 0.1) is 0 Å². The Balaban J connectivity index is 1.98. The van der Waals surface area contributed by atoms with Gasteiger partial charge >= 0.3 is 6.03 Å². The van der Waals surface area contributed by atoms with Crippen LogP contribution < -0.4 is 24.4 Å². The van der Waals surface area contributed by atoms with Gasteiger partial charge in [0.2, 0.25) is 0 Å². The highest BCUT2D eigenvalue weighted by molar-refractivity contribution is 6.39. The molecule has 8 nitrogen and oxygen atoms in total. The van der Waals surface area contributed by atoms with Gasteiger partial charge in [-0.15, -0.1) is 0 Å². The quantitative estimate of drug-likeness (QED) is 0.332. The number of carbonyl (C=O) groups excluding carboxylic acids is 3. The van der Waals surface area contributed by atoms with Crippen LogP contribution in [-0.2, 0) is 9.59 Å². The Morgan fingerprint density at radius 2 is 1.73 bits per heavy atom. The summed E-state index contributed by atoms with van der Waals surface area (Å²) in [6.07, 6.45) is 2.91. The number of anilines is 1. The highest BCUT2D eigenvalue weighted by Gasteiger charge is 2.36. The molecule has 1 fully saturated rings. The molecule has 0 aliphatic carbocycles. The van der Waals surface area contributed by atoms with E-state index in [9.17, 15) is 14.4 Å². The van der Waals surface area contributed by atoms with E-state index in [-0.39, 0.29) is 17.2 Å². The highest BCUT2D eigenvalue weighted by Crippen LogP contribution is 2.37. The molecule has 2 aromatic rings. The fraction of sp³-hybridized carbons (Fsp3) is 0.208. The van der Waals surface area contributed by atoms with E-state index < -0.39 is 17.8 Å². The van der Waals surface area contributed by atoms with E-state index in [1.54, 1.807) is 43.3 Å². The van der Waals surface area contributed by atoms with Gasteiger partial charge in [0.05, 0.1) is 23.9 Å². The van der Waals surface area contributed by atoms with E-state index in [1.165, 1.54) is 12.1 Å². The zero-order valence-electron chi connectivity index (χ0n) is 18.2. The molecule has 1 saturated heterocycles. The minimum absolute atomic E-state index is 0.222. The lowest BCUT2D eigenvalue weighted by molar-refractivity contribution is -0.122. The number of amides is 4. The molecule has 0 atom stereocenters. The van der Waals surface area contributed by atoms with Gasteiger partial charge < -0.3 is 14.2 Å². The van der Waals surface area contributed by atoms with Crippen LogP contribution in [0.4, 0.5) is 10.5 Å². The predicted molar refractivity (Wildman–Crippen MR) is 125 cm³/mol. The minimum Gasteiger partial charge on any atom is -0.494 e. The Kier molecular flexibility index (Phi) is 7.74. The fourth-order valence-electron chi connectivity index (χ4n) is 3.13. The van der Waals surface area contributed by atoms with Crippen molar-refractivity contribution < 1.29 is 28.6 Å². The topological polar surface area (TPSA) is 94.2 Å². The molecule has 1 aliphatic heterocycles. The molecule has 0 spiro atoms. The maximum absolute atomic E-state index is 13.1. The van der Waals surface area contributed by atoms with Crippen molar-refractivity contribution in [1.29, 1.82) is 0 Å². The van der Waals surface area contributed by atoms with Gasteiger partial charge in [0.1, 0.15) is 17.9 Å². The molecule has 0 saturated carbocycles. The largest absolute Gasteiger partial charge is 0.494 e. The molecule has 0 aromatic heterocycles. The van der Waals surface area contributed by atoms with Gasteiger partial charge in [0.15, 0.2) is 11.5 Å². The number of hydrogen-bond acceptors (Lipinski definition) is 6. The Morgan fingerprint density at radius 3 is 2.36 bits per heavy atom.